The minimum Gasteiger partial charge on any atom is -0.353 e. The molecule has 0 amide bonds. The molecule has 1 aliphatic carbocycles. The van der Waals surface area contributed by atoms with E-state index in [9.17, 15) is 18.0 Å². The topological polar surface area (TPSA) is 67.5 Å². The van der Waals surface area contributed by atoms with Gasteiger partial charge in [-0.1, -0.05) is 101 Å². The number of alkyl halides is 3. The van der Waals surface area contributed by atoms with E-state index in [1.165, 1.54) is 30.4 Å². The van der Waals surface area contributed by atoms with E-state index < -0.39 is 11.7 Å². The molecule has 3 rings (SSSR count). The first-order valence-electron chi connectivity index (χ1n) is 16.0. The molecule has 45 heavy (non-hydrogen) atoms. The molecule has 0 aliphatic heterocycles. The van der Waals surface area contributed by atoms with Gasteiger partial charge in [0, 0.05) is 30.3 Å². The van der Waals surface area contributed by atoms with Crippen LogP contribution in [-0.2, 0) is 11.3 Å². The Morgan fingerprint density at radius 1 is 1.13 bits per heavy atom. The van der Waals surface area contributed by atoms with Crippen LogP contribution in [0.4, 0.5) is 18.9 Å². The van der Waals surface area contributed by atoms with Crippen molar-refractivity contribution in [2.24, 2.45) is 16.6 Å². The highest BCUT2D eigenvalue weighted by Gasteiger charge is 2.32. The van der Waals surface area contributed by atoms with Gasteiger partial charge in [-0.3, -0.25) is 9.79 Å². The lowest BCUT2D eigenvalue weighted by Crippen LogP contribution is -2.16. The molecule has 2 aromatic carbocycles. The number of anilines is 1. The Morgan fingerprint density at radius 2 is 1.82 bits per heavy atom. The summed E-state index contributed by atoms with van der Waals surface area (Å²) >= 11 is 0. The van der Waals surface area contributed by atoms with Gasteiger partial charge in [-0.05, 0) is 80.7 Å². The maximum Gasteiger partial charge on any atom is 0.416 e. The summed E-state index contributed by atoms with van der Waals surface area (Å²) in [5.41, 5.74) is 9.72. The molecule has 0 heterocycles. The van der Waals surface area contributed by atoms with Crippen LogP contribution in [0.3, 0.4) is 0 Å². The van der Waals surface area contributed by atoms with Gasteiger partial charge in [0.1, 0.15) is 0 Å². The SMILES string of the molecule is C=C/C=C(\N=C)C(CCC1CC1)c1cccc(C)c1.CC.CC/C=C(/C=C(\Nc1cccc(CN)c1)C(=O)CCC)C(F)(F)F. The molecule has 246 valence electrons. The molecule has 0 spiro atoms. The number of nitrogens with two attached hydrogens (primary N) is 1. The number of carbonyl (C=O) groups is 1. The first-order chi connectivity index (χ1) is 21.6. The van der Waals surface area contributed by atoms with Crippen molar-refractivity contribution in [1.29, 1.82) is 0 Å². The van der Waals surface area contributed by atoms with Crippen LogP contribution >= 0.6 is 0 Å². The number of hydrogen-bond acceptors (Lipinski definition) is 4. The molecule has 1 saturated carbocycles. The highest BCUT2D eigenvalue weighted by molar-refractivity contribution is 5.98. The number of nitrogens with one attached hydrogen (secondary N) is 1. The fraction of sp³-hybridized carbons (Fsp3) is 0.421. The van der Waals surface area contributed by atoms with E-state index >= 15 is 0 Å². The second-order valence-electron chi connectivity index (χ2n) is 10.8. The van der Waals surface area contributed by atoms with Crippen LogP contribution in [0.15, 0.2) is 101 Å². The van der Waals surface area contributed by atoms with Crippen LogP contribution in [0, 0.1) is 12.8 Å². The summed E-state index contributed by atoms with van der Waals surface area (Å²) in [6.07, 6.45) is 7.47. The van der Waals surface area contributed by atoms with Crippen molar-refractivity contribution >= 4 is 18.2 Å². The van der Waals surface area contributed by atoms with Crippen LogP contribution in [0.1, 0.15) is 95.2 Å². The molecule has 0 saturated heterocycles. The van der Waals surface area contributed by atoms with Gasteiger partial charge in [-0.2, -0.15) is 13.2 Å². The summed E-state index contributed by atoms with van der Waals surface area (Å²) in [5, 5.41) is 2.81. The fourth-order valence-corrected chi connectivity index (χ4v) is 4.69. The van der Waals surface area contributed by atoms with E-state index in [1.54, 1.807) is 38.1 Å². The quantitative estimate of drug-likeness (QED) is 0.118. The third-order valence-corrected chi connectivity index (χ3v) is 7.10. The molecule has 7 heteroatoms. The number of aliphatic imine (C=N–C) groups is 1. The molecule has 1 atom stereocenters. The summed E-state index contributed by atoms with van der Waals surface area (Å²) < 4.78 is 39.3. The maximum atomic E-state index is 13.1. The van der Waals surface area contributed by atoms with Crippen LogP contribution in [-0.4, -0.2) is 18.7 Å². The molecule has 0 aromatic heterocycles. The van der Waals surface area contributed by atoms with Crippen molar-refractivity contribution in [3.05, 3.63) is 113 Å². The Hall–Kier alpha value is -3.71. The number of ketones is 1. The zero-order valence-electron chi connectivity index (χ0n) is 27.7. The van der Waals surface area contributed by atoms with Gasteiger partial charge in [0.15, 0.2) is 5.78 Å². The third kappa shape index (κ3) is 14.7. The molecule has 0 bridgehead atoms. The molecule has 0 radical (unpaired) electrons. The Labute approximate surface area is 269 Å². The molecule has 2 aromatic rings. The monoisotopic (exact) mass is 623 g/mol. The van der Waals surface area contributed by atoms with Crippen LogP contribution < -0.4 is 11.1 Å². The van der Waals surface area contributed by atoms with Crippen molar-refractivity contribution in [3.8, 4) is 0 Å². The van der Waals surface area contributed by atoms with Crippen LogP contribution in [0.2, 0.25) is 0 Å². The van der Waals surface area contributed by atoms with Crippen LogP contribution in [0.25, 0.3) is 0 Å². The number of rotatable bonds is 15. The summed E-state index contributed by atoms with van der Waals surface area (Å²) in [7, 11) is 0. The van der Waals surface area contributed by atoms with Gasteiger partial charge < -0.3 is 11.1 Å². The number of allylic oxidation sites excluding steroid dienone is 7. The Bertz CT molecular complexity index is 1300. The second kappa shape index (κ2) is 21.1. The van der Waals surface area contributed by atoms with Gasteiger partial charge in [0.05, 0.1) is 11.3 Å². The highest BCUT2D eigenvalue weighted by atomic mass is 19.4. The van der Waals surface area contributed by atoms with Crippen molar-refractivity contribution in [2.75, 3.05) is 5.32 Å². The minimum atomic E-state index is -4.51. The Kier molecular flexibility index (Phi) is 18.4. The lowest BCUT2D eigenvalue weighted by Gasteiger charge is -2.18. The Balaban J connectivity index is 0.000000435. The van der Waals surface area contributed by atoms with Gasteiger partial charge in [-0.25, -0.2) is 0 Å². The average molecular weight is 624 g/mol. The average Bonchev–Trinajstić information content (AvgIpc) is 3.85. The molecule has 4 nitrogen and oxygen atoms in total. The van der Waals surface area contributed by atoms with E-state index in [2.05, 4.69) is 54.8 Å². The number of aryl methyl sites for hydroxylation is 1. The van der Waals surface area contributed by atoms with Crippen LogP contribution in [0.5, 0.6) is 0 Å². The minimum absolute atomic E-state index is 0.0666. The zero-order valence-corrected chi connectivity index (χ0v) is 27.7. The summed E-state index contributed by atoms with van der Waals surface area (Å²) in [4.78, 5) is 16.4. The number of carbonyl (C=O) groups excluding carboxylic acids is 1. The molecular formula is C38H52F3N3O. The highest BCUT2D eigenvalue weighted by Crippen LogP contribution is 2.39. The first-order valence-corrected chi connectivity index (χ1v) is 16.0. The third-order valence-electron chi connectivity index (χ3n) is 7.10. The molecular weight excluding hydrogens is 571 g/mol. The van der Waals surface area contributed by atoms with Crippen molar-refractivity contribution in [1.82, 2.24) is 0 Å². The van der Waals surface area contributed by atoms with Gasteiger partial charge in [0.2, 0.25) is 0 Å². The zero-order chi connectivity index (χ0) is 33.8. The number of benzene rings is 2. The maximum absolute atomic E-state index is 13.1. The van der Waals surface area contributed by atoms with Crippen molar-refractivity contribution in [3.63, 3.8) is 0 Å². The van der Waals surface area contributed by atoms with E-state index in [0.29, 0.717) is 24.6 Å². The van der Waals surface area contributed by atoms with E-state index in [0.717, 1.165) is 35.8 Å². The molecule has 1 fully saturated rings. The van der Waals surface area contributed by atoms with E-state index in [-0.39, 0.29) is 24.3 Å². The predicted octanol–water partition coefficient (Wildman–Crippen LogP) is 10.8. The fourth-order valence-electron chi connectivity index (χ4n) is 4.69. The normalized spacial score (nSPS) is 14.3. The first kappa shape index (κ1) is 39.3. The number of halogens is 3. The predicted molar refractivity (Wildman–Crippen MR) is 185 cm³/mol. The largest absolute Gasteiger partial charge is 0.416 e. The summed E-state index contributed by atoms with van der Waals surface area (Å²) in [6, 6.07) is 15.7. The van der Waals surface area contributed by atoms with Crippen molar-refractivity contribution in [2.45, 2.75) is 98.2 Å². The van der Waals surface area contributed by atoms with E-state index in [1.807, 2.05) is 26.0 Å². The lowest BCUT2D eigenvalue weighted by atomic mass is 9.89. The van der Waals surface area contributed by atoms with Gasteiger partial charge in [0.25, 0.3) is 0 Å². The number of nitrogens with zero attached hydrogens (tertiary/aromatic N) is 1. The molecule has 3 N–H and O–H groups in total. The van der Waals surface area contributed by atoms with Gasteiger partial charge >= 0.3 is 6.18 Å². The smallest absolute Gasteiger partial charge is 0.353 e. The summed E-state index contributed by atoms with van der Waals surface area (Å²) in [6.45, 7) is 17.4. The number of Topliss-reactive ketones (excluding diaryl/α,β-unsaturated/α-hetero) is 1. The molecule has 1 aliphatic rings. The van der Waals surface area contributed by atoms with E-state index in [4.69, 9.17) is 5.73 Å². The lowest BCUT2D eigenvalue weighted by molar-refractivity contribution is -0.115. The van der Waals surface area contributed by atoms with Crippen molar-refractivity contribution < 1.29 is 18.0 Å². The number of hydrogen-bond donors (Lipinski definition) is 2. The van der Waals surface area contributed by atoms with Gasteiger partial charge in [-0.15, -0.1) is 0 Å². The molecule has 1 unspecified atom stereocenters. The Morgan fingerprint density at radius 3 is 2.36 bits per heavy atom. The second-order valence-corrected chi connectivity index (χ2v) is 10.8. The summed E-state index contributed by atoms with van der Waals surface area (Å²) in [5.74, 6) is 0.944. The standard InChI is InChI=1S/C18H23F3N2O.C18H23N.C2H6/c1-3-6-14(18(19,20)21)11-16(17(24)7-4-2)23-15-9-5-8-13(10-15)12-22;1-4-6-18(19-3)17(12-11-15-9-10-15)16-8-5-7-14(2)13-16;1-2/h5-6,8-11,23H,3-4,7,12,22H2,1-2H3;4-8,13,15,17H,1,3,9-12H2,2H3;1-2H3/b14-6-,16-11-;18-6-;.